The highest BCUT2D eigenvalue weighted by Gasteiger charge is 2.25. The van der Waals surface area contributed by atoms with Crippen molar-refractivity contribution < 1.29 is 74.7 Å². The Morgan fingerprint density at radius 3 is 1.47 bits per heavy atom. The molecule has 0 spiro atoms. The number of phenols is 1. The lowest BCUT2D eigenvalue weighted by Crippen LogP contribution is -1.99. The largest absolute Gasteiger partial charge is 0.505 e. The quantitative estimate of drug-likeness (QED) is 0.0302. The Hall–Kier alpha value is -8.11. The number of anilines is 1. The molecule has 0 saturated carbocycles. The molecular weight excluding hydrogens is 1070 g/mol. The van der Waals surface area contributed by atoms with Crippen LogP contribution in [0.3, 0.4) is 0 Å². The average Bonchev–Trinajstić information content (AvgIpc) is 3.33. The van der Waals surface area contributed by atoms with Gasteiger partial charge in [-0.1, -0.05) is 18.2 Å². The Labute approximate surface area is 417 Å². The number of rotatable bonds is 14. The summed E-state index contributed by atoms with van der Waals surface area (Å²) in [6, 6.07) is 23.0. The zero-order valence-corrected chi connectivity index (χ0v) is 41.0. The molecule has 0 aliphatic carbocycles. The second-order valence-electron chi connectivity index (χ2n) is 15.3. The molecule has 74 heavy (non-hydrogen) atoms. The van der Waals surface area contributed by atoms with Gasteiger partial charge in [-0.2, -0.15) is 52.3 Å². The topological polar surface area (TPSA) is 426 Å². The van der Waals surface area contributed by atoms with Crippen LogP contribution >= 0.6 is 0 Å². The molecule has 0 atom stereocenters. The van der Waals surface area contributed by atoms with Gasteiger partial charge in [0.2, 0.25) is 0 Å². The maximum absolute atomic E-state index is 12.9. The van der Waals surface area contributed by atoms with Crippen LogP contribution in [0.25, 0.3) is 32.3 Å². The molecule has 0 amide bonds. The monoisotopic (exact) mass is 1110 g/mol. The van der Waals surface area contributed by atoms with Crippen LogP contribution in [0, 0.1) is 0 Å². The number of hydrogen-bond acceptors (Lipinski definition) is 21. The lowest BCUT2D eigenvalue weighted by Gasteiger charge is -2.13. The van der Waals surface area contributed by atoms with E-state index in [-0.39, 0.29) is 83.6 Å². The van der Waals surface area contributed by atoms with Gasteiger partial charge in [-0.15, -0.1) is 30.7 Å². The number of hydrogen-bond donors (Lipinski definition) is 7. The van der Waals surface area contributed by atoms with Crippen molar-refractivity contribution in [3.63, 3.8) is 0 Å². The summed E-state index contributed by atoms with van der Waals surface area (Å²) >= 11 is 0. The highest BCUT2D eigenvalue weighted by molar-refractivity contribution is 7.87. The van der Waals surface area contributed by atoms with E-state index in [1.54, 1.807) is 0 Å². The molecule has 8 aromatic carbocycles. The van der Waals surface area contributed by atoms with Crippen molar-refractivity contribution in [2.24, 2.45) is 40.9 Å². The van der Waals surface area contributed by atoms with Crippen molar-refractivity contribution in [2.75, 3.05) is 12.8 Å². The Bertz CT molecular complexity index is 4400. The normalized spacial score (nSPS) is 13.2. The molecule has 0 unspecified atom stereocenters. The fraction of sp³-hybridized carbons (Fsp3) is 0.0233. The lowest BCUT2D eigenvalue weighted by atomic mass is 10.1. The molecule has 0 aliphatic heterocycles. The summed E-state index contributed by atoms with van der Waals surface area (Å²) in [5.74, 6) is -1.07. The van der Waals surface area contributed by atoms with Crippen molar-refractivity contribution in [3.05, 3.63) is 121 Å². The summed E-state index contributed by atoms with van der Waals surface area (Å²) in [6.07, 6.45) is 0. The van der Waals surface area contributed by atoms with Crippen LogP contribution in [0.15, 0.2) is 187 Å². The predicted octanol–water partition coefficient (Wildman–Crippen LogP) is 10.3. The summed E-state index contributed by atoms with van der Waals surface area (Å²) in [6.45, 7) is 0. The van der Waals surface area contributed by atoms with E-state index in [1.165, 1.54) is 67.8 Å². The second-order valence-corrected chi connectivity index (χ2v) is 22.4. The number of aromatic hydroxyl groups is 1. The van der Waals surface area contributed by atoms with Crippen molar-refractivity contribution >= 4 is 134 Å². The molecule has 8 N–H and O–H groups in total. The second kappa shape index (κ2) is 19.4. The van der Waals surface area contributed by atoms with Gasteiger partial charge < -0.3 is 15.6 Å². The van der Waals surface area contributed by atoms with E-state index >= 15 is 0 Å². The van der Waals surface area contributed by atoms with Crippen LogP contribution < -0.4 is 10.5 Å². The number of nitrogens with zero attached hydrogens (tertiary/aromatic N) is 8. The molecule has 26 nitrogen and oxygen atoms in total. The third kappa shape index (κ3) is 11.0. The number of nitrogens with two attached hydrogens (primary N) is 1. The molecule has 0 bridgehead atoms. The first-order chi connectivity index (χ1) is 34.6. The predicted molar refractivity (Wildman–Crippen MR) is 263 cm³/mol. The Kier molecular flexibility index (Phi) is 13.7. The number of phenolic OH excluding ortho intramolecular Hbond substituents is 1. The first-order valence-electron chi connectivity index (χ1n) is 20.2. The maximum Gasteiger partial charge on any atom is 0.296 e. The van der Waals surface area contributed by atoms with Gasteiger partial charge in [0.1, 0.15) is 27.7 Å². The van der Waals surface area contributed by atoms with Gasteiger partial charge >= 0.3 is 0 Å². The molecular formula is C43H31N9O17S5. The Morgan fingerprint density at radius 2 is 0.878 bits per heavy atom. The van der Waals surface area contributed by atoms with Crippen LogP contribution in [0.2, 0.25) is 0 Å². The first-order valence-corrected chi connectivity index (χ1v) is 27.4. The zero-order chi connectivity index (χ0) is 53.7. The number of ether oxygens (including phenoxy) is 1. The summed E-state index contributed by atoms with van der Waals surface area (Å²) in [7, 11) is -23.0. The van der Waals surface area contributed by atoms with E-state index in [1.807, 2.05) is 0 Å². The van der Waals surface area contributed by atoms with Crippen molar-refractivity contribution in [3.8, 4) is 11.5 Å². The van der Waals surface area contributed by atoms with E-state index in [4.69, 9.17) is 10.5 Å². The van der Waals surface area contributed by atoms with Crippen LogP contribution in [0.4, 0.5) is 51.2 Å². The number of methoxy groups -OCH3 is 1. The van der Waals surface area contributed by atoms with Gasteiger partial charge in [0.05, 0.1) is 60.8 Å². The van der Waals surface area contributed by atoms with Crippen molar-refractivity contribution in [1.29, 1.82) is 0 Å². The summed E-state index contributed by atoms with van der Waals surface area (Å²) in [5, 5.41) is 44.2. The zero-order valence-electron chi connectivity index (χ0n) is 36.9. The van der Waals surface area contributed by atoms with Crippen LogP contribution in [-0.4, -0.2) is 77.1 Å². The first kappa shape index (κ1) is 52.2. The molecule has 8 aromatic rings. The van der Waals surface area contributed by atoms with E-state index < -0.39 is 86.5 Å². The molecule has 0 saturated heterocycles. The fourth-order valence-electron chi connectivity index (χ4n) is 7.12. The van der Waals surface area contributed by atoms with Gasteiger partial charge in [-0.3, -0.25) is 22.8 Å². The van der Waals surface area contributed by atoms with Gasteiger partial charge in [0.15, 0.2) is 5.75 Å². The summed E-state index contributed by atoms with van der Waals surface area (Å²) < 4.78 is 176. The van der Waals surface area contributed by atoms with Gasteiger partial charge in [-0.05, 0) is 97.1 Å². The van der Waals surface area contributed by atoms with Crippen LogP contribution in [-0.2, 0) is 50.6 Å². The molecule has 31 heteroatoms. The number of fused-ring (bicyclic) bond motifs is 3. The number of azo groups is 4. The highest BCUT2D eigenvalue weighted by atomic mass is 32.2. The van der Waals surface area contributed by atoms with Crippen LogP contribution in [0.1, 0.15) is 0 Å². The SMILES string of the molecule is COc1cc(N=Nc2ccc(N=Nc3cccc(S(=O)(=O)O)c3)c3ccc(S(=O)(=O)O)cc23)c2cc(S(=O)(=O)O)ccc2c1N=Nc1c(S(=O)(=O)O)cc2c(N=Nc3ccc(S(=O)(=O)O)cc3)c(N)ccc2c1O. The molecule has 0 fully saturated rings. The number of nitrogen functional groups attached to an aromatic ring is 1. The van der Waals surface area contributed by atoms with E-state index in [2.05, 4.69) is 40.9 Å². The standard InChI is InChI=1S/C43H31N9O17S5/c1-69-38-21-37(49-48-36-16-15-35(28-11-9-26(18-31(28)36)72(60,61)62)47-46-23-3-2-4-25(17-23)71(57,58)59)32-19-27(73(63,64)65)10-12-29(32)41(38)51-52-42-39(74(66,67)68)20-33-30(43(42)53)13-14-34(44)40(33)50-45-22-5-7-24(8-6-22)70(54,55)56/h2-21,53H,44H2,1H3,(H,54,55,56)(H,57,58,59)(H,60,61,62)(H,63,64,65)(H,66,67,68). The van der Waals surface area contributed by atoms with Gasteiger partial charge in [0, 0.05) is 38.4 Å². The van der Waals surface area contributed by atoms with Crippen LogP contribution in [0.5, 0.6) is 11.5 Å². The molecule has 0 aliphatic rings. The molecule has 0 heterocycles. The summed E-state index contributed by atoms with van der Waals surface area (Å²) in [5.41, 5.74) is 4.62. The lowest BCUT2D eigenvalue weighted by molar-refractivity contribution is 0.416. The minimum atomic E-state index is -5.29. The molecule has 0 radical (unpaired) electrons. The smallest absolute Gasteiger partial charge is 0.296 e. The molecule has 0 aromatic heterocycles. The molecule has 380 valence electrons. The van der Waals surface area contributed by atoms with Crippen molar-refractivity contribution in [1.82, 2.24) is 0 Å². The maximum atomic E-state index is 12.9. The average molecular weight is 1110 g/mol. The van der Waals surface area contributed by atoms with Crippen molar-refractivity contribution in [2.45, 2.75) is 24.5 Å². The third-order valence-corrected chi connectivity index (χ3v) is 14.9. The van der Waals surface area contributed by atoms with E-state index in [9.17, 15) is 70.0 Å². The van der Waals surface area contributed by atoms with E-state index in [0.717, 1.165) is 60.7 Å². The minimum Gasteiger partial charge on any atom is -0.505 e. The Balaban J connectivity index is 1.25. The third-order valence-electron chi connectivity index (χ3n) is 10.6. The Morgan fingerprint density at radius 1 is 0.392 bits per heavy atom. The minimum absolute atomic E-state index is 0.000847. The number of benzene rings is 8. The highest BCUT2D eigenvalue weighted by Crippen LogP contribution is 2.49. The summed E-state index contributed by atoms with van der Waals surface area (Å²) in [4.78, 5) is -3.16. The van der Waals surface area contributed by atoms with Gasteiger partial charge in [0.25, 0.3) is 50.6 Å². The molecule has 8 rings (SSSR count). The van der Waals surface area contributed by atoms with E-state index in [0.29, 0.717) is 0 Å². The van der Waals surface area contributed by atoms with Gasteiger partial charge in [-0.25, -0.2) is 0 Å². The fourth-order valence-corrected chi connectivity index (χ4v) is 9.78.